The fourth-order valence-corrected chi connectivity index (χ4v) is 1.75. The monoisotopic (exact) mass is 186 g/mol. The highest BCUT2D eigenvalue weighted by Crippen LogP contribution is 2.49. The number of carboxylic acid groups (broad SMARTS) is 2. The van der Waals surface area contributed by atoms with E-state index in [4.69, 9.17) is 10.2 Å². The zero-order chi connectivity index (χ0) is 10.2. The molecule has 0 spiro atoms. The summed E-state index contributed by atoms with van der Waals surface area (Å²) < 4.78 is 0. The Kier molecular flexibility index (Phi) is 2.32. The van der Waals surface area contributed by atoms with Crippen LogP contribution in [0, 0.1) is 17.3 Å². The molecule has 0 aromatic carbocycles. The van der Waals surface area contributed by atoms with Crippen molar-refractivity contribution in [2.45, 2.75) is 26.7 Å². The first-order chi connectivity index (χ1) is 5.90. The largest absolute Gasteiger partial charge is 0.480 e. The molecule has 1 saturated carbocycles. The molecule has 0 aromatic rings. The third-order valence-electron chi connectivity index (χ3n) is 2.98. The smallest absolute Gasteiger partial charge is 0.321 e. The summed E-state index contributed by atoms with van der Waals surface area (Å²) in [6.45, 7) is 3.97. The minimum Gasteiger partial charge on any atom is -0.480 e. The van der Waals surface area contributed by atoms with Crippen molar-refractivity contribution in [2.24, 2.45) is 17.3 Å². The summed E-state index contributed by atoms with van der Waals surface area (Å²) >= 11 is 0. The fourth-order valence-electron chi connectivity index (χ4n) is 1.75. The number of carboxylic acids is 2. The lowest BCUT2D eigenvalue weighted by molar-refractivity contribution is -0.177. The van der Waals surface area contributed by atoms with Crippen LogP contribution in [0.1, 0.15) is 26.7 Å². The van der Waals surface area contributed by atoms with E-state index in [9.17, 15) is 9.59 Å². The molecule has 0 heterocycles. The predicted molar refractivity (Wildman–Crippen MR) is 45.3 cm³/mol. The first-order valence-corrected chi connectivity index (χ1v) is 4.37. The van der Waals surface area contributed by atoms with E-state index in [1.807, 2.05) is 13.8 Å². The highest BCUT2D eigenvalue weighted by molar-refractivity contribution is 5.99. The van der Waals surface area contributed by atoms with Crippen LogP contribution in [0.25, 0.3) is 0 Å². The van der Waals surface area contributed by atoms with Crippen molar-refractivity contribution in [2.75, 3.05) is 0 Å². The molecule has 0 atom stereocenters. The van der Waals surface area contributed by atoms with Gasteiger partial charge in [-0.1, -0.05) is 13.8 Å². The first kappa shape index (κ1) is 10.0. The van der Waals surface area contributed by atoms with Crippen molar-refractivity contribution in [3.8, 4) is 0 Å². The Labute approximate surface area is 76.6 Å². The Bertz CT molecular complexity index is 222. The quantitative estimate of drug-likeness (QED) is 0.649. The summed E-state index contributed by atoms with van der Waals surface area (Å²) in [5, 5.41) is 17.5. The van der Waals surface area contributed by atoms with Crippen LogP contribution in [0.15, 0.2) is 0 Å². The zero-order valence-corrected chi connectivity index (χ0v) is 7.78. The van der Waals surface area contributed by atoms with Crippen LogP contribution in [0.5, 0.6) is 0 Å². The van der Waals surface area contributed by atoms with E-state index in [1.54, 1.807) is 0 Å². The summed E-state index contributed by atoms with van der Waals surface area (Å²) in [5.41, 5.74) is -1.49. The van der Waals surface area contributed by atoms with Crippen LogP contribution in [0.3, 0.4) is 0 Å². The van der Waals surface area contributed by atoms with E-state index in [2.05, 4.69) is 0 Å². The SMILES string of the molecule is CC(C)C1CC(C(=O)O)(C(=O)O)C1. The van der Waals surface area contributed by atoms with Crippen molar-refractivity contribution in [3.05, 3.63) is 0 Å². The molecule has 1 aliphatic rings. The molecular weight excluding hydrogens is 172 g/mol. The van der Waals surface area contributed by atoms with Gasteiger partial charge in [-0.3, -0.25) is 9.59 Å². The van der Waals surface area contributed by atoms with E-state index in [0.29, 0.717) is 5.92 Å². The Morgan fingerprint density at radius 1 is 1.23 bits per heavy atom. The van der Waals surface area contributed by atoms with Crippen molar-refractivity contribution >= 4 is 11.9 Å². The van der Waals surface area contributed by atoms with Crippen LogP contribution in [0.4, 0.5) is 0 Å². The molecule has 0 bridgehead atoms. The summed E-state index contributed by atoms with van der Waals surface area (Å²) in [5.74, 6) is -1.78. The number of hydrogen-bond acceptors (Lipinski definition) is 2. The lowest BCUT2D eigenvalue weighted by Crippen LogP contribution is -2.51. The maximum Gasteiger partial charge on any atom is 0.321 e. The van der Waals surface area contributed by atoms with E-state index >= 15 is 0 Å². The molecule has 0 saturated heterocycles. The number of rotatable bonds is 3. The summed E-state index contributed by atoms with van der Waals surface area (Å²) in [6, 6.07) is 0. The second-order valence-electron chi connectivity index (χ2n) is 4.10. The molecule has 0 unspecified atom stereocenters. The van der Waals surface area contributed by atoms with Crippen LogP contribution in [0.2, 0.25) is 0 Å². The second-order valence-corrected chi connectivity index (χ2v) is 4.10. The van der Waals surface area contributed by atoms with Crippen LogP contribution >= 0.6 is 0 Å². The molecule has 0 aliphatic heterocycles. The van der Waals surface area contributed by atoms with Crippen LogP contribution < -0.4 is 0 Å². The topological polar surface area (TPSA) is 74.6 Å². The molecule has 13 heavy (non-hydrogen) atoms. The molecule has 4 nitrogen and oxygen atoms in total. The minimum atomic E-state index is -1.49. The number of carbonyl (C=O) groups is 2. The van der Waals surface area contributed by atoms with Crippen LogP contribution in [-0.4, -0.2) is 22.2 Å². The Morgan fingerprint density at radius 2 is 1.62 bits per heavy atom. The molecule has 1 fully saturated rings. The standard InChI is InChI=1S/C9H14O4/c1-5(2)6-3-9(4-6,7(10)11)8(12)13/h5-6H,3-4H2,1-2H3,(H,10,11)(H,12,13). The van der Waals surface area contributed by atoms with E-state index in [1.165, 1.54) is 0 Å². The number of hydrogen-bond donors (Lipinski definition) is 2. The minimum absolute atomic E-state index is 0.243. The van der Waals surface area contributed by atoms with Gasteiger partial charge < -0.3 is 10.2 Å². The lowest BCUT2D eigenvalue weighted by atomic mass is 9.58. The molecule has 1 aliphatic carbocycles. The van der Waals surface area contributed by atoms with Gasteiger partial charge in [0.2, 0.25) is 0 Å². The Morgan fingerprint density at radius 3 is 1.85 bits per heavy atom. The van der Waals surface area contributed by atoms with Gasteiger partial charge in [0.25, 0.3) is 0 Å². The normalized spacial score (nSPS) is 21.2. The van der Waals surface area contributed by atoms with Gasteiger partial charge in [-0.25, -0.2) is 0 Å². The van der Waals surface area contributed by atoms with Crippen molar-refractivity contribution in [1.29, 1.82) is 0 Å². The van der Waals surface area contributed by atoms with Gasteiger partial charge >= 0.3 is 11.9 Å². The summed E-state index contributed by atoms with van der Waals surface area (Å²) in [6.07, 6.45) is 0.546. The highest BCUT2D eigenvalue weighted by atomic mass is 16.4. The third kappa shape index (κ3) is 1.41. The second kappa shape index (κ2) is 3.01. The van der Waals surface area contributed by atoms with Crippen molar-refractivity contribution in [3.63, 3.8) is 0 Å². The molecule has 74 valence electrons. The molecule has 2 N–H and O–H groups in total. The Balaban J connectivity index is 2.69. The molecular formula is C9H14O4. The maximum absolute atomic E-state index is 10.7. The molecule has 0 aromatic heterocycles. The van der Waals surface area contributed by atoms with Gasteiger partial charge in [-0.15, -0.1) is 0 Å². The average molecular weight is 186 g/mol. The van der Waals surface area contributed by atoms with E-state index < -0.39 is 17.4 Å². The van der Waals surface area contributed by atoms with Crippen LogP contribution in [-0.2, 0) is 9.59 Å². The third-order valence-corrected chi connectivity index (χ3v) is 2.98. The number of aliphatic carboxylic acids is 2. The lowest BCUT2D eigenvalue weighted by Gasteiger charge is -2.43. The first-order valence-electron chi connectivity index (χ1n) is 4.37. The molecule has 0 amide bonds. The van der Waals surface area contributed by atoms with Gasteiger partial charge in [0.05, 0.1) is 0 Å². The maximum atomic E-state index is 10.7. The van der Waals surface area contributed by atoms with Gasteiger partial charge in [0.15, 0.2) is 5.41 Å². The fraction of sp³-hybridized carbons (Fsp3) is 0.778. The van der Waals surface area contributed by atoms with Gasteiger partial charge in [0, 0.05) is 0 Å². The predicted octanol–water partition coefficient (Wildman–Crippen LogP) is 1.21. The van der Waals surface area contributed by atoms with E-state index in [0.717, 1.165) is 0 Å². The van der Waals surface area contributed by atoms with E-state index in [-0.39, 0.29) is 18.8 Å². The van der Waals surface area contributed by atoms with Gasteiger partial charge in [-0.05, 0) is 24.7 Å². The molecule has 0 radical (unpaired) electrons. The molecule has 1 rings (SSSR count). The average Bonchev–Trinajstić information content (AvgIpc) is 1.80. The van der Waals surface area contributed by atoms with Gasteiger partial charge in [-0.2, -0.15) is 0 Å². The van der Waals surface area contributed by atoms with Gasteiger partial charge in [0.1, 0.15) is 0 Å². The highest BCUT2D eigenvalue weighted by Gasteiger charge is 2.57. The van der Waals surface area contributed by atoms with Crippen molar-refractivity contribution < 1.29 is 19.8 Å². The Hall–Kier alpha value is -1.06. The zero-order valence-electron chi connectivity index (χ0n) is 7.78. The molecule has 4 heteroatoms. The summed E-state index contributed by atoms with van der Waals surface area (Å²) in [7, 11) is 0. The van der Waals surface area contributed by atoms with Crippen molar-refractivity contribution in [1.82, 2.24) is 0 Å². The summed E-state index contributed by atoms with van der Waals surface area (Å²) in [4.78, 5) is 21.5.